The minimum atomic E-state index is 0.646. The third kappa shape index (κ3) is 1.09. The number of hydrogen-bond acceptors (Lipinski definition) is 1. The van der Waals surface area contributed by atoms with Crippen LogP contribution < -0.4 is 0 Å². The molecule has 0 saturated heterocycles. The summed E-state index contributed by atoms with van der Waals surface area (Å²) in [6.45, 7) is 4.28. The summed E-state index contributed by atoms with van der Waals surface area (Å²) in [4.78, 5) is 0. The molecule has 0 radical (unpaired) electrons. The number of fused-ring (bicyclic) bond motifs is 1. The van der Waals surface area contributed by atoms with E-state index in [1.54, 1.807) is 0 Å². The molecule has 0 bridgehead atoms. The van der Waals surface area contributed by atoms with Crippen LogP contribution >= 0.6 is 0 Å². The minimum absolute atomic E-state index is 0.646. The zero-order valence-corrected chi connectivity index (χ0v) is 7.18. The maximum atomic E-state index is 5.62. The van der Waals surface area contributed by atoms with Crippen LogP contribution in [0.25, 0.3) is 0 Å². The van der Waals surface area contributed by atoms with Gasteiger partial charge < -0.3 is 4.42 Å². The first-order valence-corrected chi connectivity index (χ1v) is 4.36. The van der Waals surface area contributed by atoms with Crippen molar-refractivity contribution in [1.82, 2.24) is 0 Å². The Bertz CT molecular complexity index is 260. The normalized spacial score (nSPS) is 23.3. The Balaban J connectivity index is 2.43. The molecule has 2 rings (SSSR count). The molecule has 0 aromatic carbocycles. The number of aryl methyl sites for hydroxylation is 2. The van der Waals surface area contributed by atoms with Gasteiger partial charge in [0.25, 0.3) is 0 Å². The maximum Gasteiger partial charge on any atom is 0.110 e. The van der Waals surface area contributed by atoms with Crippen LogP contribution in [-0.2, 0) is 6.42 Å². The van der Waals surface area contributed by atoms with Gasteiger partial charge in [-0.3, -0.25) is 0 Å². The highest BCUT2D eigenvalue weighted by Crippen LogP contribution is 2.32. The molecule has 60 valence electrons. The van der Waals surface area contributed by atoms with Crippen LogP contribution in [0, 0.1) is 6.92 Å². The third-order valence-electron chi connectivity index (χ3n) is 2.50. The number of furan rings is 1. The van der Waals surface area contributed by atoms with E-state index in [0.717, 1.165) is 5.76 Å². The largest absolute Gasteiger partial charge is 0.466 e. The van der Waals surface area contributed by atoms with Crippen molar-refractivity contribution in [1.29, 1.82) is 0 Å². The minimum Gasteiger partial charge on any atom is -0.466 e. The predicted octanol–water partition coefficient (Wildman–Crippen LogP) is 3.03. The molecule has 1 nitrogen and oxygen atoms in total. The molecule has 0 unspecified atom stereocenters. The van der Waals surface area contributed by atoms with E-state index in [9.17, 15) is 0 Å². The van der Waals surface area contributed by atoms with E-state index in [1.165, 1.54) is 30.6 Å². The second-order valence-corrected chi connectivity index (χ2v) is 3.54. The van der Waals surface area contributed by atoms with Crippen LogP contribution in [-0.4, -0.2) is 0 Å². The monoisotopic (exact) mass is 150 g/mol. The first-order valence-electron chi connectivity index (χ1n) is 4.36. The fourth-order valence-corrected chi connectivity index (χ4v) is 1.93. The fraction of sp³-hybridized carbons (Fsp3) is 0.600. The topological polar surface area (TPSA) is 13.1 Å². The molecular formula is C10H14O. The molecule has 11 heavy (non-hydrogen) atoms. The van der Waals surface area contributed by atoms with Crippen LogP contribution in [0.15, 0.2) is 10.5 Å². The molecule has 0 aliphatic heterocycles. The second-order valence-electron chi connectivity index (χ2n) is 3.54. The summed E-state index contributed by atoms with van der Waals surface area (Å²) in [6.07, 6.45) is 3.84. The van der Waals surface area contributed by atoms with Gasteiger partial charge in [0, 0.05) is 5.92 Å². The van der Waals surface area contributed by atoms with Gasteiger partial charge in [-0.05, 0) is 37.8 Å². The van der Waals surface area contributed by atoms with E-state index in [0.29, 0.717) is 5.92 Å². The molecule has 1 aliphatic carbocycles. The van der Waals surface area contributed by atoms with E-state index < -0.39 is 0 Å². The summed E-state index contributed by atoms with van der Waals surface area (Å²) in [6, 6.07) is 2.19. The van der Waals surface area contributed by atoms with E-state index >= 15 is 0 Å². The SMILES string of the molecule is Cc1cc2c(o1)[C@H](C)CCC2. The molecule has 1 aromatic rings. The van der Waals surface area contributed by atoms with E-state index in [-0.39, 0.29) is 0 Å². The van der Waals surface area contributed by atoms with Crippen molar-refractivity contribution < 1.29 is 4.42 Å². The molecular weight excluding hydrogens is 136 g/mol. The van der Waals surface area contributed by atoms with Crippen molar-refractivity contribution in [2.45, 2.75) is 39.0 Å². The van der Waals surface area contributed by atoms with Gasteiger partial charge in [0.2, 0.25) is 0 Å². The highest BCUT2D eigenvalue weighted by molar-refractivity contribution is 5.26. The molecule has 1 heteroatoms. The van der Waals surface area contributed by atoms with Crippen molar-refractivity contribution in [2.75, 3.05) is 0 Å². The number of hydrogen-bond donors (Lipinski definition) is 0. The van der Waals surface area contributed by atoms with Crippen LogP contribution in [0.3, 0.4) is 0 Å². The highest BCUT2D eigenvalue weighted by Gasteiger charge is 2.19. The van der Waals surface area contributed by atoms with Gasteiger partial charge >= 0.3 is 0 Å². The molecule has 0 amide bonds. The van der Waals surface area contributed by atoms with Crippen LogP contribution in [0.2, 0.25) is 0 Å². The second kappa shape index (κ2) is 2.40. The maximum absolute atomic E-state index is 5.62. The van der Waals surface area contributed by atoms with E-state index in [4.69, 9.17) is 4.42 Å². The Morgan fingerprint density at radius 1 is 1.55 bits per heavy atom. The standard InChI is InChI=1S/C10H14O/c1-7-4-3-5-9-6-8(2)11-10(7)9/h6-7H,3-5H2,1-2H3/t7-/m1/s1. The van der Waals surface area contributed by atoms with Gasteiger partial charge in [-0.25, -0.2) is 0 Å². The molecule has 1 heterocycles. The fourth-order valence-electron chi connectivity index (χ4n) is 1.93. The van der Waals surface area contributed by atoms with Crippen LogP contribution in [0.5, 0.6) is 0 Å². The van der Waals surface area contributed by atoms with Gasteiger partial charge in [-0.1, -0.05) is 6.92 Å². The van der Waals surface area contributed by atoms with E-state index in [2.05, 4.69) is 13.0 Å². The first-order chi connectivity index (χ1) is 5.27. The van der Waals surface area contributed by atoms with Gasteiger partial charge in [0.15, 0.2) is 0 Å². The molecule has 0 saturated carbocycles. The average Bonchev–Trinajstić information content (AvgIpc) is 2.31. The molecule has 1 atom stereocenters. The average molecular weight is 150 g/mol. The lowest BCUT2D eigenvalue weighted by Crippen LogP contribution is -2.03. The Labute approximate surface area is 67.4 Å². The molecule has 1 aromatic heterocycles. The van der Waals surface area contributed by atoms with E-state index in [1.807, 2.05) is 6.92 Å². The molecule has 1 aliphatic rings. The van der Waals surface area contributed by atoms with Crippen molar-refractivity contribution in [3.05, 3.63) is 23.2 Å². The van der Waals surface area contributed by atoms with Gasteiger partial charge in [-0.15, -0.1) is 0 Å². The van der Waals surface area contributed by atoms with Gasteiger partial charge in [0.05, 0.1) is 0 Å². The van der Waals surface area contributed by atoms with Crippen LogP contribution in [0.4, 0.5) is 0 Å². The smallest absolute Gasteiger partial charge is 0.110 e. The lowest BCUT2D eigenvalue weighted by atomic mass is 9.90. The third-order valence-corrected chi connectivity index (χ3v) is 2.50. The highest BCUT2D eigenvalue weighted by atomic mass is 16.3. The number of rotatable bonds is 0. The molecule has 0 spiro atoms. The summed E-state index contributed by atoms with van der Waals surface area (Å²) in [5, 5.41) is 0. The summed E-state index contributed by atoms with van der Waals surface area (Å²) < 4.78 is 5.62. The van der Waals surface area contributed by atoms with Gasteiger partial charge in [0.1, 0.15) is 11.5 Å². The summed E-state index contributed by atoms with van der Waals surface area (Å²) in [5.74, 6) is 2.96. The molecule has 0 fully saturated rings. The van der Waals surface area contributed by atoms with Crippen LogP contribution in [0.1, 0.15) is 42.8 Å². The summed E-state index contributed by atoms with van der Waals surface area (Å²) >= 11 is 0. The Hall–Kier alpha value is -0.720. The van der Waals surface area contributed by atoms with Crippen molar-refractivity contribution in [3.8, 4) is 0 Å². The van der Waals surface area contributed by atoms with Crippen molar-refractivity contribution in [3.63, 3.8) is 0 Å². The zero-order valence-electron chi connectivity index (χ0n) is 7.18. The first kappa shape index (κ1) is 6.96. The quantitative estimate of drug-likeness (QED) is 0.554. The Kier molecular flexibility index (Phi) is 1.52. The van der Waals surface area contributed by atoms with Crippen molar-refractivity contribution >= 4 is 0 Å². The Morgan fingerprint density at radius 3 is 3.09 bits per heavy atom. The lowest BCUT2D eigenvalue weighted by molar-refractivity contribution is 0.418. The zero-order chi connectivity index (χ0) is 7.84. The predicted molar refractivity (Wildman–Crippen MR) is 44.8 cm³/mol. The molecule has 0 N–H and O–H groups in total. The summed E-state index contributed by atoms with van der Waals surface area (Å²) in [7, 11) is 0. The van der Waals surface area contributed by atoms with Crippen molar-refractivity contribution in [2.24, 2.45) is 0 Å². The lowest BCUT2D eigenvalue weighted by Gasteiger charge is -2.15. The Morgan fingerprint density at radius 2 is 2.36 bits per heavy atom. The summed E-state index contributed by atoms with van der Waals surface area (Å²) in [5.41, 5.74) is 1.45. The van der Waals surface area contributed by atoms with Gasteiger partial charge in [-0.2, -0.15) is 0 Å².